The summed E-state index contributed by atoms with van der Waals surface area (Å²) in [7, 11) is 0. The number of nitrogens with zero attached hydrogens (tertiary/aromatic N) is 1. The van der Waals surface area contributed by atoms with Crippen LogP contribution in [0.2, 0.25) is 0 Å². The molecule has 0 aliphatic rings. The largest absolute Gasteiger partial charge is 0.481 e. The third-order valence-electron chi connectivity index (χ3n) is 3.55. The van der Waals surface area contributed by atoms with Gasteiger partial charge in [0.25, 0.3) is 5.91 Å². The molecule has 0 radical (unpaired) electrons. The lowest BCUT2D eigenvalue weighted by atomic mass is 10.2. The lowest BCUT2D eigenvalue weighted by molar-refractivity contribution is -0.123. The summed E-state index contributed by atoms with van der Waals surface area (Å²) in [5, 5.41) is 3.89. The van der Waals surface area contributed by atoms with Crippen molar-refractivity contribution in [3.8, 4) is 11.5 Å². The van der Waals surface area contributed by atoms with Gasteiger partial charge in [-0.25, -0.2) is 10.2 Å². The number of halogens is 3. The van der Waals surface area contributed by atoms with Gasteiger partial charge < -0.3 is 13.9 Å². The zero-order chi connectivity index (χ0) is 21.5. The minimum absolute atomic E-state index is 0.0810. The van der Waals surface area contributed by atoms with Crippen LogP contribution < -0.4 is 14.9 Å². The maximum absolute atomic E-state index is 12.0. The molecule has 10 heteroatoms. The molecule has 0 unspecified atom stereocenters. The number of ether oxygens (including phenoxy) is 2. The van der Waals surface area contributed by atoms with Gasteiger partial charge in [-0.2, -0.15) is 5.10 Å². The molecule has 0 bridgehead atoms. The summed E-state index contributed by atoms with van der Waals surface area (Å²) in [4.78, 5) is 24.1. The van der Waals surface area contributed by atoms with E-state index in [0.29, 0.717) is 20.3 Å². The maximum Gasteiger partial charge on any atom is 0.379 e. The standard InChI is InChI=1S/C20H13Br3N2O5/c21-13-8-14(22)19(15(23)9-13)29-11-18(26)25-24-10-12-4-1-2-5-16(12)30-20(27)17-6-3-7-28-17/h1-10H,11H2,(H,25,26)/b24-10-. The molecule has 1 N–H and O–H groups in total. The Bertz CT molecular complexity index is 1060. The molecule has 0 saturated carbocycles. The number of para-hydroxylation sites is 1. The van der Waals surface area contributed by atoms with Crippen molar-refractivity contribution in [1.82, 2.24) is 5.43 Å². The Labute approximate surface area is 196 Å². The average molecular weight is 601 g/mol. The Balaban J connectivity index is 1.58. The molecule has 1 aromatic heterocycles. The Morgan fingerprint density at radius 3 is 2.50 bits per heavy atom. The van der Waals surface area contributed by atoms with Crippen molar-refractivity contribution in [2.24, 2.45) is 5.10 Å². The van der Waals surface area contributed by atoms with Crippen LogP contribution >= 0.6 is 47.8 Å². The van der Waals surface area contributed by atoms with Crippen molar-refractivity contribution in [1.29, 1.82) is 0 Å². The van der Waals surface area contributed by atoms with Crippen LogP contribution in [0.1, 0.15) is 16.1 Å². The monoisotopic (exact) mass is 598 g/mol. The fourth-order valence-corrected chi connectivity index (χ4v) is 4.72. The Kier molecular flexibility index (Phi) is 7.83. The van der Waals surface area contributed by atoms with E-state index in [1.165, 1.54) is 18.5 Å². The second-order valence-corrected chi connectivity index (χ2v) is 8.31. The molecule has 0 saturated heterocycles. The summed E-state index contributed by atoms with van der Waals surface area (Å²) in [5.41, 5.74) is 2.86. The summed E-state index contributed by atoms with van der Waals surface area (Å²) in [6.45, 7) is -0.245. The minimum atomic E-state index is -0.635. The normalized spacial score (nSPS) is 10.8. The van der Waals surface area contributed by atoms with E-state index in [9.17, 15) is 9.59 Å². The lowest BCUT2D eigenvalue weighted by Gasteiger charge is -2.10. The van der Waals surface area contributed by atoms with Crippen molar-refractivity contribution < 1.29 is 23.5 Å². The highest BCUT2D eigenvalue weighted by molar-refractivity contribution is 9.11. The number of esters is 1. The van der Waals surface area contributed by atoms with Gasteiger partial charge in [-0.15, -0.1) is 0 Å². The van der Waals surface area contributed by atoms with E-state index < -0.39 is 11.9 Å². The SMILES string of the molecule is O=C(COc1c(Br)cc(Br)cc1Br)N/N=C\c1ccccc1OC(=O)c1ccco1. The van der Waals surface area contributed by atoms with Gasteiger partial charge in [-0.1, -0.05) is 28.1 Å². The van der Waals surface area contributed by atoms with E-state index in [2.05, 4.69) is 58.3 Å². The minimum Gasteiger partial charge on any atom is -0.481 e. The van der Waals surface area contributed by atoms with Crippen LogP contribution in [0.5, 0.6) is 11.5 Å². The molecule has 0 fully saturated rings. The summed E-state index contributed by atoms with van der Waals surface area (Å²) in [6.07, 6.45) is 2.75. The fourth-order valence-electron chi connectivity index (χ4n) is 2.24. The van der Waals surface area contributed by atoms with Gasteiger partial charge in [-0.3, -0.25) is 4.79 Å². The predicted molar refractivity (Wildman–Crippen MR) is 121 cm³/mol. The number of benzene rings is 2. The van der Waals surface area contributed by atoms with Crippen molar-refractivity contribution in [2.75, 3.05) is 6.61 Å². The zero-order valence-corrected chi connectivity index (χ0v) is 19.9. The molecule has 7 nitrogen and oxygen atoms in total. The van der Waals surface area contributed by atoms with Gasteiger partial charge in [0, 0.05) is 10.0 Å². The summed E-state index contributed by atoms with van der Waals surface area (Å²) < 4.78 is 18.1. The van der Waals surface area contributed by atoms with Crippen LogP contribution in [0.3, 0.4) is 0 Å². The van der Waals surface area contributed by atoms with E-state index in [0.717, 1.165) is 4.47 Å². The zero-order valence-electron chi connectivity index (χ0n) is 15.1. The molecule has 0 aliphatic heterocycles. The molecular weight excluding hydrogens is 588 g/mol. The molecule has 1 amide bonds. The summed E-state index contributed by atoms with van der Waals surface area (Å²) >= 11 is 10.1. The second-order valence-electron chi connectivity index (χ2n) is 5.69. The molecule has 2 aromatic carbocycles. The quantitative estimate of drug-likeness (QED) is 0.172. The Hall–Kier alpha value is -2.43. The van der Waals surface area contributed by atoms with Crippen molar-refractivity contribution in [2.45, 2.75) is 0 Å². The Morgan fingerprint density at radius 1 is 1.07 bits per heavy atom. The van der Waals surface area contributed by atoms with Gasteiger partial charge >= 0.3 is 5.97 Å². The van der Waals surface area contributed by atoms with E-state index >= 15 is 0 Å². The highest BCUT2D eigenvalue weighted by atomic mass is 79.9. The molecular formula is C20H13Br3N2O5. The molecule has 1 heterocycles. The Morgan fingerprint density at radius 2 is 1.80 bits per heavy atom. The maximum atomic E-state index is 12.0. The van der Waals surface area contributed by atoms with Crippen LogP contribution in [0, 0.1) is 0 Å². The molecule has 3 aromatic rings. The smallest absolute Gasteiger partial charge is 0.379 e. The first-order valence-electron chi connectivity index (χ1n) is 8.38. The molecule has 30 heavy (non-hydrogen) atoms. The van der Waals surface area contributed by atoms with Crippen LogP contribution in [0.15, 0.2) is 77.7 Å². The molecule has 0 aliphatic carbocycles. The van der Waals surface area contributed by atoms with E-state index in [4.69, 9.17) is 13.9 Å². The van der Waals surface area contributed by atoms with E-state index in [1.54, 1.807) is 42.5 Å². The third-order valence-corrected chi connectivity index (χ3v) is 5.18. The first-order chi connectivity index (χ1) is 14.4. The van der Waals surface area contributed by atoms with Gasteiger partial charge in [-0.05, 0) is 68.3 Å². The highest BCUT2D eigenvalue weighted by Crippen LogP contribution is 2.36. The molecule has 0 atom stereocenters. The summed E-state index contributed by atoms with van der Waals surface area (Å²) in [6, 6.07) is 13.5. The van der Waals surface area contributed by atoms with Gasteiger partial charge in [0.05, 0.1) is 21.4 Å². The number of furan rings is 1. The van der Waals surface area contributed by atoms with E-state index in [1.807, 2.05) is 0 Å². The third kappa shape index (κ3) is 6.04. The topological polar surface area (TPSA) is 90.1 Å². The number of hydrogen-bond acceptors (Lipinski definition) is 6. The van der Waals surface area contributed by atoms with Crippen molar-refractivity contribution >= 4 is 65.9 Å². The van der Waals surface area contributed by atoms with Gasteiger partial charge in [0.1, 0.15) is 11.5 Å². The van der Waals surface area contributed by atoms with Crippen molar-refractivity contribution in [3.05, 3.63) is 79.5 Å². The predicted octanol–water partition coefficient (Wildman–Crippen LogP) is 5.32. The number of hydrazone groups is 1. The first-order valence-corrected chi connectivity index (χ1v) is 10.8. The molecule has 3 rings (SSSR count). The number of rotatable bonds is 7. The van der Waals surface area contributed by atoms with Crippen molar-refractivity contribution in [3.63, 3.8) is 0 Å². The molecule has 154 valence electrons. The number of amides is 1. The first kappa shape index (κ1) is 22.3. The van der Waals surface area contributed by atoms with Crippen LogP contribution in [0.25, 0.3) is 0 Å². The van der Waals surface area contributed by atoms with E-state index in [-0.39, 0.29) is 18.1 Å². The summed E-state index contributed by atoms with van der Waals surface area (Å²) in [5.74, 6) is -0.247. The number of hydrogen-bond donors (Lipinski definition) is 1. The molecule has 0 spiro atoms. The van der Waals surface area contributed by atoms with Crippen LogP contribution in [-0.4, -0.2) is 24.7 Å². The number of carbonyl (C=O) groups excluding carboxylic acids is 2. The average Bonchev–Trinajstić information content (AvgIpc) is 3.23. The number of carbonyl (C=O) groups is 2. The van der Waals surface area contributed by atoms with Crippen LogP contribution in [0.4, 0.5) is 0 Å². The van der Waals surface area contributed by atoms with Gasteiger partial charge in [0.2, 0.25) is 5.76 Å². The van der Waals surface area contributed by atoms with Crippen LogP contribution in [-0.2, 0) is 4.79 Å². The lowest BCUT2D eigenvalue weighted by Crippen LogP contribution is -2.24. The van der Waals surface area contributed by atoms with Gasteiger partial charge in [0.15, 0.2) is 6.61 Å². The second kappa shape index (κ2) is 10.6. The highest BCUT2D eigenvalue weighted by Gasteiger charge is 2.13. The fraction of sp³-hybridized carbons (Fsp3) is 0.0500. The number of nitrogens with one attached hydrogen (secondary N) is 1.